The summed E-state index contributed by atoms with van der Waals surface area (Å²) in [5, 5.41) is 4.01. The van der Waals surface area contributed by atoms with E-state index in [2.05, 4.69) is 17.2 Å². The summed E-state index contributed by atoms with van der Waals surface area (Å²) in [5.41, 5.74) is 1.14. The summed E-state index contributed by atoms with van der Waals surface area (Å²) < 4.78 is 12.2. The molecule has 0 fully saturated rings. The Hall–Kier alpha value is -3.00. The number of rotatable bonds is 11. The Morgan fingerprint density at radius 2 is 1.91 bits per heavy atom. The lowest BCUT2D eigenvalue weighted by Gasteiger charge is -2.14. The van der Waals surface area contributed by atoms with Crippen molar-refractivity contribution in [3.63, 3.8) is 0 Å². The number of amides is 1. The number of carbonyl (C=O) groups excluding carboxylic acids is 1. The molecule has 2 aromatic carbocycles. The van der Waals surface area contributed by atoms with Gasteiger partial charge < -0.3 is 14.8 Å². The van der Waals surface area contributed by atoms with Crippen LogP contribution in [0.5, 0.6) is 11.5 Å². The van der Waals surface area contributed by atoms with E-state index in [-0.39, 0.29) is 17.2 Å². The molecule has 1 heterocycles. The Labute approximate surface area is 192 Å². The first-order chi connectivity index (χ1) is 15.6. The Morgan fingerprint density at radius 1 is 1.09 bits per heavy atom. The molecule has 8 heteroatoms. The molecule has 0 aliphatic rings. The van der Waals surface area contributed by atoms with Crippen LogP contribution in [0.3, 0.4) is 0 Å². The smallest absolute Gasteiger partial charge is 0.262 e. The second-order valence-electron chi connectivity index (χ2n) is 7.33. The second kappa shape index (κ2) is 11.6. The number of nitrogens with zero attached hydrogens (tertiary/aromatic N) is 2. The summed E-state index contributed by atoms with van der Waals surface area (Å²) in [7, 11) is 3.11. The number of unbranched alkanes of at least 4 members (excludes halogenated alkanes) is 3. The van der Waals surface area contributed by atoms with Gasteiger partial charge in [-0.1, -0.05) is 50.1 Å². The van der Waals surface area contributed by atoms with Crippen molar-refractivity contribution < 1.29 is 14.3 Å². The number of thioether (sulfide) groups is 1. The molecule has 0 saturated carbocycles. The van der Waals surface area contributed by atoms with Gasteiger partial charge in [-0.25, -0.2) is 4.98 Å². The zero-order chi connectivity index (χ0) is 22.9. The van der Waals surface area contributed by atoms with Crippen molar-refractivity contribution in [2.45, 2.75) is 44.3 Å². The third kappa shape index (κ3) is 5.82. The molecular weight excluding hydrogens is 426 g/mol. The van der Waals surface area contributed by atoms with Crippen LogP contribution in [0.2, 0.25) is 0 Å². The molecule has 0 aliphatic heterocycles. The molecule has 0 aliphatic carbocycles. The van der Waals surface area contributed by atoms with Crippen molar-refractivity contribution in [3.8, 4) is 11.5 Å². The van der Waals surface area contributed by atoms with Gasteiger partial charge in [0.05, 0.1) is 36.6 Å². The lowest BCUT2D eigenvalue weighted by Crippen LogP contribution is -2.24. The van der Waals surface area contributed by atoms with Gasteiger partial charge in [0.15, 0.2) is 5.16 Å². The number of hydrogen-bond acceptors (Lipinski definition) is 6. The number of carbonyl (C=O) groups is 1. The van der Waals surface area contributed by atoms with E-state index in [9.17, 15) is 9.59 Å². The Balaban J connectivity index is 1.77. The van der Waals surface area contributed by atoms with E-state index in [0.717, 1.165) is 25.7 Å². The van der Waals surface area contributed by atoms with Crippen molar-refractivity contribution in [1.29, 1.82) is 0 Å². The molecule has 3 aromatic rings. The number of methoxy groups -OCH3 is 2. The fraction of sp³-hybridized carbons (Fsp3) is 0.375. The number of para-hydroxylation sites is 1. The average molecular weight is 456 g/mol. The van der Waals surface area contributed by atoms with E-state index in [0.29, 0.717) is 39.8 Å². The maximum atomic E-state index is 13.1. The zero-order valence-electron chi connectivity index (χ0n) is 18.7. The average Bonchev–Trinajstić information content (AvgIpc) is 2.82. The molecule has 3 rings (SSSR count). The van der Waals surface area contributed by atoms with Crippen molar-refractivity contribution >= 4 is 34.3 Å². The van der Waals surface area contributed by atoms with Crippen LogP contribution in [0.25, 0.3) is 10.9 Å². The first-order valence-corrected chi connectivity index (χ1v) is 11.7. The molecule has 1 N–H and O–H groups in total. The van der Waals surface area contributed by atoms with Crippen LogP contribution in [-0.2, 0) is 11.3 Å². The third-order valence-corrected chi connectivity index (χ3v) is 6.05. The minimum atomic E-state index is -0.210. The van der Waals surface area contributed by atoms with Crippen molar-refractivity contribution in [2.24, 2.45) is 0 Å². The van der Waals surface area contributed by atoms with Gasteiger partial charge in [0.1, 0.15) is 11.5 Å². The number of fused-ring (bicyclic) bond motifs is 1. The van der Waals surface area contributed by atoms with E-state index in [4.69, 9.17) is 9.47 Å². The highest BCUT2D eigenvalue weighted by atomic mass is 32.2. The largest absolute Gasteiger partial charge is 0.497 e. The van der Waals surface area contributed by atoms with Crippen LogP contribution < -0.4 is 20.3 Å². The first-order valence-electron chi connectivity index (χ1n) is 10.7. The summed E-state index contributed by atoms with van der Waals surface area (Å²) in [5.74, 6) is 1.06. The van der Waals surface area contributed by atoms with Gasteiger partial charge in [-0.2, -0.15) is 0 Å². The number of benzene rings is 2. The van der Waals surface area contributed by atoms with E-state index < -0.39 is 0 Å². The minimum absolute atomic E-state index is 0.0631. The van der Waals surface area contributed by atoms with Crippen LogP contribution in [0.1, 0.15) is 32.6 Å². The number of ether oxygens (including phenoxy) is 2. The number of nitrogens with one attached hydrogen (secondary N) is 1. The summed E-state index contributed by atoms with van der Waals surface area (Å²) >= 11 is 1.26. The Bertz CT molecular complexity index is 1130. The van der Waals surface area contributed by atoms with Gasteiger partial charge in [-0.15, -0.1) is 0 Å². The topological polar surface area (TPSA) is 82.5 Å². The summed E-state index contributed by atoms with van der Waals surface area (Å²) in [4.78, 5) is 30.4. The minimum Gasteiger partial charge on any atom is -0.497 e. The predicted octanol–water partition coefficient (Wildman–Crippen LogP) is 4.72. The zero-order valence-corrected chi connectivity index (χ0v) is 19.5. The molecule has 0 radical (unpaired) electrons. The molecule has 32 heavy (non-hydrogen) atoms. The van der Waals surface area contributed by atoms with Gasteiger partial charge >= 0.3 is 0 Å². The molecule has 7 nitrogen and oxygen atoms in total. The quantitative estimate of drug-likeness (QED) is 0.256. The fourth-order valence-corrected chi connectivity index (χ4v) is 4.20. The summed E-state index contributed by atoms with van der Waals surface area (Å²) in [6, 6.07) is 12.5. The number of anilines is 1. The van der Waals surface area contributed by atoms with Crippen LogP contribution in [0.4, 0.5) is 5.69 Å². The van der Waals surface area contributed by atoms with Gasteiger partial charge in [0.25, 0.3) is 5.56 Å². The molecule has 0 atom stereocenters. The molecule has 0 saturated heterocycles. The lowest BCUT2D eigenvalue weighted by molar-refractivity contribution is -0.113. The lowest BCUT2D eigenvalue weighted by atomic mass is 10.2. The van der Waals surface area contributed by atoms with Crippen LogP contribution in [-0.4, -0.2) is 35.4 Å². The molecule has 0 unspecified atom stereocenters. The molecule has 1 amide bonds. The summed E-state index contributed by atoms with van der Waals surface area (Å²) in [6.45, 7) is 2.74. The maximum absolute atomic E-state index is 13.1. The monoisotopic (exact) mass is 455 g/mol. The molecule has 0 spiro atoms. The maximum Gasteiger partial charge on any atom is 0.262 e. The fourth-order valence-electron chi connectivity index (χ4n) is 3.37. The van der Waals surface area contributed by atoms with Crippen molar-refractivity contribution in [2.75, 3.05) is 25.3 Å². The first kappa shape index (κ1) is 23.7. The number of hydrogen-bond donors (Lipinski definition) is 1. The highest BCUT2D eigenvalue weighted by molar-refractivity contribution is 7.99. The SMILES string of the molecule is CCCCCCn1c(SCC(=O)Nc2ccc(OC)cc2OC)nc2ccccc2c1=O. The molecule has 170 valence electrons. The third-order valence-electron chi connectivity index (χ3n) is 5.08. The van der Waals surface area contributed by atoms with Gasteiger partial charge in [0, 0.05) is 12.6 Å². The van der Waals surface area contributed by atoms with Gasteiger partial charge in [0.2, 0.25) is 5.91 Å². The van der Waals surface area contributed by atoms with Crippen LogP contribution >= 0.6 is 11.8 Å². The number of aromatic nitrogens is 2. The molecule has 0 bridgehead atoms. The standard InChI is InChI=1S/C24H29N3O4S/c1-4-5-6-9-14-27-23(29)18-10-7-8-11-19(18)26-24(27)32-16-22(28)25-20-13-12-17(30-2)15-21(20)31-3/h7-8,10-13,15H,4-6,9,14,16H2,1-3H3,(H,25,28). The Morgan fingerprint density at radius 3 is 2.66 bits per heavy atom. The van der Waals surface area contributed by atoms with E-state index >= 15 is 0 Å². The normalized spacial score (nSPS) is 10.8. The van der Waals surface area contributed by atoms with Crippen molar-refractivity contribution in [1.82, 2.24) is 9.55 Å². The van der Waals surface area contributed by atoms with Crippen molar-refractivity contribution in [3.05, 3.63) is 52.8 Å². The van der Waals surface area contributed by atoms with E-state index in [1.807, 2.05) is 18.2 Å². The van der Waals surface area contributed by atoms with Crippen LogP contribution in [0.15, 0.2) is 52.4 Å². The summed E-state index contributed by atoms with van der Waals surface area (Å²) in [6.07, 6.45) is 4.21. The van der Waals surface area contributed by atoms with Gasteiger partial charge in [-0.05, 0) is 30.7 Å². The Kier molecular flexibility index (Phi) is 8.56. The molecular formula is C24H29N3O4S. The van der Waals surface area contributed by atoms with Crippen LogP contribution in [0, 0.1) is 0 Å². The highest BCUT2D eigenvalue weighted by Crippen LogP contribution is 2.29. The second-order valence-corrected chi connectivity index (χ2v) is 8.27. The molecule has 1 aromatic heterocycles. The van der Waals surface area contributed by atoms with E-state index in [1.165, 1.54) is 18.9 Å². The van der Waals surface area contributed by atoms with E-state index in [1.54, 1.807) is 35.9 Å². The van der Waals surface area contributed by atoms with Gasteiger partial charge in [-0.3, -0.25) is 14.2 Å². The predicted molar refractivity (Wildman–Crippen MR) is 129 cm³/mol. The highest BCUT2D eigenvalue weighted by Gasteiger charge is 2.14.